The van der Waals surface area contributed by atoms with Crippen molar-refractivity contribution in [1.82, 2.24) is 9.88 Å². The Labute approximate surface area is 125 Å². The van der Waals surface area contributed by atoms with Crippen molar-refractivity contribution in [3.63, 3.8) is 0 Å². The van der Waals surface area contributed by atoms with Crippen LogP contribution in [0, 0.1) is 0 Å². The Morgan fingerprint density at radius 1 is 1.29 bits per heavy atom. The van der Waals surface area contributed by atoms with E-state index in [1.807, 2.05) is 13.0 Å². The molecule has 0 unspecified atom stereocenters. The van der Waals surface area contributed by atoms with Crippen molar-refractivity contribution in [3.8, 4) is 0 Å². The van der Waals surface area contributed by atoms with Gasteiger partial charge in [0, 0.05) is 26.2 Å². The summed E-state index contributed by atoms with van der Waals surface area (Å²) in [6.07, 6.45) is 3.08. The largest absolute Gasteiger partial charge is 0.367 e. The van der Waals surface area contributed by atoms with E-state index in [0.29, 0.717) is 25.3 Å². The number of hydrogen-bond acceptors (Lipinski definition) is 5. The zero-order chi connectivity index (χ0) is 15.3. The molecule has 116 valence electrons. The Morgan fingerprint density at radius 3 is 2.52 bits per heavy atom. The maximum absolute atomic E-state index is 11.7. The van der Waals surface area contributed by atoms with E-state index >= 15 is 0 Å². The molecule has 1 amide bonds. The Morgan fingerprint density at radius 2 is 2.00 bits per heavy atom. The fourth-order valence-electron chi connectivity index (χ4n) is 2.20. The van der Waals surface area contributed by atoms with Crippen LogP contribution in [-0.2, 0) is 14.8 Å². The smallest absolute Gasteiger partial charge is 0.233 e. The molecule has 1 aromatic heterocycles. The number of sulfonamides is 1. The van der Waals surface area contributed by atoms with Crippen LogP contribution >= 0.6 is 0 Å². The van der Waals surface area contributed by atoms with Gasteiger partial charge >= 0.3 is 0 Å². The highest BCUT2D eigenvalue weighted by molar-refractivity contribution is 7.92. The van der Waals surface area contributed by atoms with E-state index in [0.717, 1.165) is 25.2 Å². The summed E-state index contributed by atoms with van der Waals surface area (Å²) in [6.45, 7) is 4.69. The molecule has 1 saturated heterocycles. The van der Waals surface area contributed by atoms with Gasteiger partial charge in [0.15, 0.2) is 0 Å². The first-order valence-electron chi connectivity index (χ1n) is 6.95. The number of aromatic nitrogens is 1. The minimum absolute atomic E-state index is 0.0874. The summed E-state index contributed by atoms with van der Waals surface area (Å²) in [5.41, 5.74) is 0.930. The normalized spacial score (nSPS) is 15.9. The number of nitrogens with one attached hydrogen (secondary N) is 1. The maximum Gasteiger partial charge on any atom is 0.233 e. The van der Waals surface area contributed by atoms with Gasteiger partial charge in [0.05, 0.1) is 17.6 Å². The van der Waals surface area contributed by atoms with Crippen LogP contribution in [0.4, 0.5) is 11.5 Å². The molecule has 21 heavy (non-hydrogen) atoms. The van der Waals surface area contributed by atoms with Gasteiger partial charge in [-0.05, 0) is 18.6 Å². The number of carbonyl (C=O) groups is 1. The van der Waals surface area contributed by atoms with Gasteiger partial charge < -0.3 is 9.80 Å². The minimum Gasteiger partial charge on any atom is -0.367 e. The summed E-state index contributed by atoms with van der Waals surface area (Å²) < 4.78 is 25.8. The lowest BCUT2D eigenvalue weighted by molar-refractivity contribution is -0.118. The van der Waals surface area contributed by atoms with E-state index in [-0.39, 0.29) is 5.75 Å². The Bertz CT molecular complexity index is 566. The predicted octanol–water partition coefficient (Wildman–Crippen LogP) is 0.512. The first-order valence-corrected chi connectivity index (χ1v) is 8.60. The molecule has 1 aromatic rings. The highest BCUT2D eigenvalue weighted by Gasteiger charge is 2.16. The molecule has 8 heteroatoms. The average molecular weight is 312 g/mol. The molecule has 0 spiro atoms. The SMILES string of the molecule is CCCS(=O)(=O)Nc1ccc(N2CCN(C=O)CC2)cn1. The third-order valence-electron chi connectivity index (χ3n) is 3.31. The topological polar surface area (TPSA) is 82.6 Å². The van der Waals surface area contributed by atoms with Gasteiger partial charge in [0.1, 0.15) is 5.82 Å². The highest BCUT2D eigenvalue weighted by atomic mass is 32.2. The number of pyridine rings is 1. The van der Waals surface area contributed by atoms with Crippen molar-refractivity contribution in [2.45, 2.75) is 13.3 Å². The van der Waals surface area contributed by atoms with Crippen LogP contribution in [0.25, 0.3) is 0 Å². The Hall–Kier alpha value is -1.83. The number of carbonyl (C=O) groups excluding carboxylic acids is 1. The quantitative estimate of drug-likeness (QED) is 0.774. The van der Waals surface area contributed by atoms with Crippen molar-refractivity contribution < 1.29 is 13.2 Å². The molecule has 0 aromatic carbocycles. The standard InChI is InChI=1S/C13H20N4O3S/c1-2-9-21(19,20)15-13-4-3-12(10-14-13)17-7-5-16(11-18)6-8-17/h3-4,10-11H,2,5-9H2,1H3,(H,14,15). The summed E-state index contributed by atoms with van der Waals surface area (Å²) in [5.74, 6) is 0.420. The third-order valence-corrected chi connectivity index (χ3v) is 4.78. The van der Waals surface area contributed by atoms with E-state index in [4.69, 9.17) is 0 Å². The second-order valence-corrected chi connectivity index (χ2v) is 6.79. The Balaban J connectivity index is 1.98. The third kappa shape index (κ3) is 4.32. The van der Waals surface area contributed by atoms with Crippen LogP contribution in [0.3, 0.4) is 0 Å². The molecule has 1 aliphatic rings. The molecule has 0 aliphatic carbocycles. The summed E-state index contributed by atoms with van der Waals surface area (Å²) in [5, 5.41) is 0. The van der Waals surface area contributed by atoms with Crippen LogP contribution in [0.2, 0.25) is 0 Å². The summed E-state index contributed by atoms with van der Waals surface area (Å²) in [7, 11) is -3.30. The fraction of sp³-hybridized carbons (Fsp3) is 0.538. The van der Waals surface area contributed by atoms with Crippen LogP contribution in [0.1, 0.15) is 13.3 Å². The van der Waals surface area contributed by atoms with E-state index in [9.17, 15) is 13.2 Å². The number of amides is 1. The number of rotatable bonds is 6. The molecule has 1 N–H and O–H groups in total. The van der Waals surface area contributed by atoms with Crippen molar-refractivity contribution in [1.29, 1.82) is 0 Å². The van der Waals surface area contributed by atoms with Crippen LogP contribution < -0.4 is 9.62 Å². The maximum atomic E-state index is 11.7. The molecule has 0 bridgehead atoms. The first-order chi connectivity index (χ1) is 10.0. The van der Waals surface area contributed by atoms with E-state index in [2.05, 4.69) is 14.6 Å². The molecular formula is C13H20N4O3S. The lowest BCUT2D eigenvalue weighted by Gasteiger charge is -2.33. The van der Waals surface area contributed by atoms with Gasteiger partial charge in [-0.25, -0.2) is 13.4 Å². The monoisotopic (exact) mass is 312 g/mol. The minimum atomic E-state index is -3.30. The molecule has 0 saturated carbocycles. The summed E-state index contributed by atoms with van der Waals surface area (Å²) >= 11 is 0. The average Bonchev–Trinajstić information content (AvgIpc) is 2.48. The van der Waals surface area contributed by atoms with Gasteiger partial charge in [0.2, 0.25) is 16.4 Å². The molecule has 1 aliphatic heterocycles. The lowest BCUT2D eigenvalue weighted by Crippen LogP contribution is -2.45. The lowest BCUT2D eigenvalue weighted by atomic mass is 10.3. The van der Waals surface area contributed by atoms with Gasteiger partial charge in [-0.1, -0.05) is 6.92 Å². The second-order valence-electron chi connectivity index (χ2n) is 4.95. The van der Waals surface area contributed by atoms with E-state index in [1.165, 1.54) is 0 Å². The Kier molecular flexibility index (Phi) is 5.00. The first kappa shape index (κ1) is 15.6. The van der Waals surface area contributed by atoms with Crippen molar-refractivity contribution >= 4 is 27.9 Å². The molecule has 1 fully saturated rings. The molecule has 0 radical (unpaired) electrons. The van der Waals surface area contributed by atoms with Crippen molar-refractivity contribution in [3.05, 3.63) is 18.3 Å². The van der Waals surface area contributed by atoms with Gasteiger partial charge in [-0.15, -0.1) is 0 Å². The highest BCUT2D eigenvalue weighted by Crippen LogP contribution is 2.17. The molecule has 7 nitrogen and oxygen atoms in total. The number of anilines is 2. The molecule has 2 heterocycles. The zero-order valence-electron chi connectivity index (χ0n) is 12.0. The molecule has 2 rings (SSSR count). The fourth-order valence-corrected chi connectivity index (χ4v) is 3.28. The van der Waals surface area contributed by atoms with E-state index in [1.54, 1.807) is 17.2 Å². The van der Waals surface area contributed by atoms with Crippen molar-refractivity contribution in [2.24, 2.45) is 0 Å². The van der Waals surface area contributed by atoms with Crippen LogP contribution in [0.5, 0.6) is 0 Å². The summed E-state index contributed by atoms with van der Waals surface area (Å²) in [6, 6.07) is 3.50. The predicted molar refractivity (Wildman–Crippen MR) is 81.8 cm³/mol. The molecular weight excluding hydrogens is 292 g/mol. The summed E-state index contributed by atoms with van der Waals surface area (Å²) in [4.78, 5) is 18.7. The van der Waals surface area contributed by atoms with Crippen molar-refractivity contribution in [2.75, 3.05) is 41.6 Å². The van der Waals surface area contributed by atoms with Gasteiger partial charge in [-0.3, -0.25) is 9.52 Å². The van der Waals surface area contributed by atoms with Gasteiger partial charge in [-0.2, -0.15) is 0 Å². The second kappa shape index (κ2) is 6.75. The van der Waals surface area contributed by atoms with E-state index < -0.39 is 10.0 Å². The van der Waals surface area contributed by atoms with Gasteiger partial charge in [0.25, 0.3) is 0 Å². The zero-order valence-corrected chi connectivity index (χ0v) is 12.8. The number of hydrogen-bond donors (Lipinski definition) is 1. The van der Waals surface area contributed by atoms with Crippen LogP contribution in [-0.4, -0.2) is 56.6 Å². The van der Waals surface area contributed by atoms with Crippen LogP contribution in [0.15, 0.2) is 18.3 Å². The molecule has 0 atom stereocenters. The number of nitrogens with zero attached hydrogens (tertiary/aromatic N) is 3. The number of piperazine rings is 1.